The molecule has 2 aromatic rings. The van der Waals surface area contributed by atoms with Crippen LogP contribution >= 0.6 is 15.9 Å². The highest BCUT2D eigenvalue weighted by molar-refractivity contribution is 9.10. The van der Waals surface area contributed by atoms with Crippen molar-refractivity contribution in [3.8, 4) is 5.75 Å². The SMILES string of the molecule is CCCCCCCN(Cc1ccc(Br)cc1)C(=O)COc1ccc(C[C@H](OCC)C(=O)O)cc1. The largest absolute Gasteiger partial charge is 0.484 e. The fourth-order valence-corrected chi connectivity index (χ4v) is 3.86. The molecular weight excluding hydrogens is 498 g/mol. The molecule has 0 saturated carbocycles. The van der Waals surface area contributed by atoms with E-state index in [1.807, 2.05) is 41.3 Å². The van der Waals surface area contributed by atoms with Crippen LogP contribution in [-0.2, 0) is 27.3 Å². The van der Waals surface area contributed by atoms with E-state index >= 15 is 0 Å². The lowest BCUT2D eigenvalue weighted by Crippen LogP contribution is -2.35. The standard InChI is InChI=1S/C27H36BrNO5/c1-3-5-6-7-8-17-29(19-22-9-13-23(28)14-10-22)26(30)20-34-24-15-11-21(12-16-24)18-25(27(31)32)33-4-2/h9-16,25H,3-8,17-20H2,1-2H3,(H,31,32)/t25-/m0/s1. The minimum Gasteiger partial charge on any atom is -0.484 e. The second-order valence-electron chi connectivity index (χ2n) is 8.27. The van der Waals surface area contributed by atoms with Crippen molar-refractivity contribution in [3.05, 3.63) is 64.1 Å². The number of hydrogen-bond acceptors (Lipinski definition) is 4. The molecule has 0 spiro atoms. The molecule has 1 atom stereocenters. The van der Waals surface area contributed by atoms with Gasteiger partial charge >= 0.3 is 5.97 Å². The number of hydrogen-bond donors (Lipinski definition) is 1. The van der Waals surface area contributed by atoms with Crippen molar-refractivity contribution in [2.75, 3.05) is 19.8 Å². The lowest BCUT2D eigenvalue weighted by Gasteiger charge is -2.23. The first-order valence-electron chi connectivity index (χ1n) is 12.0. The monoisotopic (exact) mass is 533 g/mol. The van der Waals surface area contributed by atoms with E-state index in [4.69, 9.17) is 9.47 Å². The van der Waals surface area contributed by atoms with Gasteiger partial charge in [-0.25, -0.2) is 4.79 Å². The number of nitrogens with zero attached hydrogens (tertiary/aromatic N) is 1. The van der Waals surface area contributed by atoms with Crippen LogP contribution in [0.25, 0.3) is 0 Å². The average Bonchev–Trinajstić information content (AvgIpc) is 2.83. The molecule has 0 unspecified atom stereocenters. The number of carbonyl (C=O) groups is 2. The van der Waals surface area contributed by atoms with E-state index in [0.717, 1.165) is 28.4 Å². The zero-order valence-corrected chi connectivity index (χ0v) is 21.8. The van der Waals surface area contributed by atoms with Crippen LogP contribution in [0.5, 0.6) is 5.75 Å². The van der Waals surface area contributed by atoms with Crippen molar-refractivity contribution >= 4 is 27.8 Å². The summed E-state index contributed by atoms with van der Waals surface area (Å²) in [5.74, 6) is -0.454. The Morgan fingerprint density at radius 3 is 2.21 bits per heavy atom. The van der Waals surface area contributed by atoms with Crippen molar-refractivity contribution in [2.24, 2.45) is 0 Å². The van der Waals surface area contributed by atoms with Crippen molar-refractivity contribution in [3.63, 3.8) is 0 Å². The van der Waals surface area contributed by atoms with Gasteiger partial charge in [-0.05, 0) is 48.7 Å². The molecule has 0 aliphatic rings. The predicted octanol–water partition coefficient (Wildman–Crippen LogP) is 5.86. The third kappa shape index (κ3) is 10.3. The van der Waals surface area contributed by atoms with E-state index in [0.29, 0.717) is 25.4 Å². The van der Waals surface area contributed by atoms with Gasteiger partial charge in [0.1, 0.15) is 5.75 Å². The van der Waals surface area contributed by atoms with Gasteiger partial charge in [-0.15, -0.1) is 0 Å². The van der Waals surface area contributed by atoms with Crippen molar-refractivity contribution in [1.82, 2.24) is 4.90 Å². The molecule has 186 valence electrons. The molecule has 0 aliphatic carbocycles. The number of carbonyl (C=O) groups excluding carboxylic acids is 1. The topological polar surface area (TPSA) is 76.1 Å². The van der Waals surface area contributed by atoms with Crippen LogP contribution in [0.15, 0.2) is 53.0 Å². The first kappa shape index (κ1) is 27.9. The van der Waals surface area contributed by atoms with Gasteiger partial charge in [0.2, 0.25) is 0 Å². The molecule has 2 aromatic carbocycles. The number of carboxylic acids is 1. The summed E-state index contributed by atoms with van der Waals surface area (Å²) in [5.41, 5.74) is 1.92. The lowest BCUT2D eigenvalue weighted by molar-refractivity contribution is -0.150. The van der Waals surface area contributed by atoms with Gasteiger partial charge in [-0.1, -0.05) is 72.8 Å². The van der Waals surface area contributed by atoms with Crippen LogP contribution in [-0.4, -0.2) is 47.7 Å². The van der Waals surface area contributed by atoms with Gasteiger partial charge in [-0.3, -0.25) is 4.79 Å². The third-order valence-corrected chi connectivity index (χ3v) is 6.05. The van der Waals surface area contributed by atoms with E-state index in [9.17, 15) is 14.7 Å². The van der Waals surface area contributed by atoms with Gasteiger partial charge in [-0.2, -0.15) is 0 Å². The zero-order chi connectivity index (χ0) is 24.8. The minimum absolute atomic E-state index is 0.0401. The van der Waals surface area contributed by atoms with Crippen molar-refractivity contribution in [1.29, 1.82) is 0 Å². The Hall–Kier alpha value is -2.38. The number of rotatable bonds is 16. The molecule has 0 bridgehead atoms. The van der Waals surface area contributed by atoms with E-state index in [2.05, 4.69) is 22.9 Å². The number of benzene rings is 2. The normalized spacial score (nSPS) is 11.7. The maximum Gasteiger partial charge on any atom is 0.333 e. The Kier molecular flexibility index (Phi) is 12.7. The summed E-state index contributed by atoms with van der Waals surface area (Å²) in [7, 11) is 0. The molecule has 0 radical (unpaired) electrons. The van der Waals surface area contributed by atoms with Gasteiger partial charge < -0.3 is 19.5 Å². The van der Waals surface area contributed by atoms with Gasteiger partial charge in [0, 0.05) is 30.6 Å². The molecule has 0 aliphatic heterocycles. The van der Waals surface area contributed by atoms with Crippen LogP contribution < -0.4 is 4.74 Å². The predicted molar refractivity (Wildman–Crippen MR) is 137 cm³/mol. The van der Waals surface area contributed by atoms with Gasteiger partial charge in [0.25, 0.3) is 5.91 Å². The second kappa shape index (κ2) is 15.5. The third-order valence-electron chi connectivity index (χ3n) is 5.52. The lowest BCUT2D eigenvalue weighted by atomic mass is 10.1. The Bertz CT molecular complexity index is 870. The number of unbranched alkanes of at least 4 members (excludes halogenated alkanes) is 4. The van der Waals surface area contributed by atoms with Crippen LogP contribution in [0, 0.1) is 0 Å². The first-order valence-corrected chi connectivity index (χ1v) is 12.8. The van der Waals surface area contributed by atoms with E-state index in [1.54, 1.807) is 19.1 Å². The second-order valence-corrected chi connectivity index (χ2v) is 9.19. The molecule has 1 amide bonds. The number of carboxylic acid groups (broad SMARTS) is 1. The molecule has 0 fully saturated rings. The quantitative estimate of drug-likeness (QED) is 0.273. The summed E-state index contributed by atoms with van der Waals surface area (Å²) in [6, 6.07) is 15.1. The van der Waals surface area contributed by atoms with E-state index < -0.39 is 12.1 Å². The molecular formula is C27H36BrNO5. The highest BCUT2D eigenvalue weighted by Crippen LogP contribution is 2.16. The van der Waals surface area contributed by atoms with Gasteiger partial charge in [0.05, 0.1) is 0 Å². The maximum absolute atomic E-state index is 13.0. The average molecular weight is 534 g/mol. The molecule has 1 N–H and O–H groups in total. The molecule has 6 nitrogen and oxygen atoms in total. The fourth-order valence-electron chi connectivity index (χ4n) is 3.60. The maximum atomic E-state index is 13.0. The molecule has 7 heteroatoms. The number of amides is 1. The smallest absolute Gasteiger partial charge is 0.333 e. The Labute approximate surface area is 211 Å². The van der Waals surface area contributed by atoms with E-state index in [-0.39, 0.29) is 18.9 Å². The summed E-state index contributed by atoms with van der Waals surface area (Å²) in [6.07, 6.45) is 5.09. The van der Waals surface area contributed by atoms with Crippen LogP contribution in [0.3, 0.4) is 0 Å². The van der Waals surface area contributed by atoms with Crippen LogP contribution in [0.4, 0.5) is 0 Å². The minimum atomic E-state index is -0.978. The zero-order valence-electron chi connectivity index (χ0n) is 20.2. The van der Waals surface area contributed by atoms with Crippen LogP contribution in [0.2, 0.25) is 0 Å². The fraction of sp³-hybridized carbons (Fsp3) is 0.481. The molecule has 34 heavy (non-hydrogen) atoms. The van der Waals surface area contributed by atoms with Crippen LogP contribution in [0.1, 0.15) is 57.1 Å². The first-order chi connectivity index (χ1) is 16.4. The highest BCUT2D eigenvalue weighted by atomic mass is 79.9. The summed E-state index contributed by atoms with van der Waals surface area (Å²) in [4.78, 5) is 26.1. The van der Waals surface area contributed by atoms with E-state index in [1.165, 1.54) is 19.3 Å². The molecule has 0 aromatic heterocycles. The molecule has 0 saturated heterocycles. The number of halogens is 1. The highest BCUT2D eigenvalue weighted by Gasteiger charge is 2.18. The van der Waals surface area contributed by atoms with Crippen molar-refractivity contribution in [2.45, 2.75) is 65.0 Å². The Morgan fingerprint density at radius 1 is 0.941 bits per heavy atom. The summed E-state index contributed by atoms with van der Waals surface area (Å²) in [5, 5.41) is 9.25. The number of aliphatic carboxylic acids is 1. The summed E-state index contributed by atoms with van der Waals surface area (Å²) >= 11 is 3.45. The summed E-state index contributed by atoms with van der Waals surface area (Å²) in [6.45, 7) is 5.52. The Morgan fingerprint density at radius 2 is 1.59 bits per heavy atom. The number of ether oxygens (including phenoxy) is 2. The van der Waals surface area contributed by atoms with Gasteiger partial charge in [0.15, 0.2) is 12.7 Å². The molecule has 0 heterocycles. The van der Waals surface area contributed by atoms with Crippen molar-refractivity contribution < 1.29 is 24.2 Å². The Balaban J connectivity index is 1.93. The summed E-state index contributed by atoms with van der Waals surface area (Å²) < 4.78 is 12.0. The molecule has 2 rings (SSSR count).